The van der Waals surface area contributed by atoms with Gasteiger partial charge in [-0.25, -0.2) is 0 Å². The van der Waals surface area contributed by atoms with E-state index in [2.05, 4.69) is 24.3 Å². The average Bonchev–Trinajstić information content (AvgIpc) is 2.94. The Bertz CT molecular complexity index is 419. The SMILES string of the molecule is CC(C)CNC(=O)c1cn(C2CCCC2)nc1N. The van der Waals surface area contributed by atoms with Crippen molar-refractivity contribution in [1.29, 1.82) is 0 Å². The van der Waals surface area contributed by atoms with Crippen molar-refractivity contribution < 1.29 is 4.79 Å². The largest absolute Gasteiger partial charge is 0.382 e. The predicted octanol–water partition coefficient (Wildman–Crippen LogP) is 1.97. The van der Waals surface area contributed by atoms with Crippen molar-refractivity contribution in [3.05, 3.63) is 11.8 Å². The Balaban J connectivity index is 2.06. The minimum absolute atomic E-state index is 0.120. The third-order valence-electron chi connectivity index (χ3n) is 3.37. The summed E-state index contributed by atoms with van der Waals surface area (Å²) in [5, 5.41) is 7.15. The number of anilines is 1. The number of aromatic nitrogens is 2. The summed E-state index contributed by atoms with van der Waals surface area (Å²) in [7, 11) is 0. The van der Waals surface area contributed by atoms with E-state index in [1.165, 1.54) is 12.8 Å². The van der Waals surface area contributed by atoms with Gasteiger partial charge in [0.2, 0.25) is 0 Å². The summed E-state index contributed by atoms with van der Waals surface area (Å²) in [5.74, 6) is 0.647. The van der Waals surface area contributed by atoms with E-state index < -0.39 is 0 Å². The number of nitrogens with two attached hydrogens (primary N) is 1. The van der Waals surface area contributed by atoms with E-state index in [1.54, 1.807) is 6.20 Å². The molecule has 0 aromatic carbocycles. The molecule has 1 aromatic heterocycles. The second-order valence-corrected chi connectivity index (χ2v) is 5.45. The van der Waals surface area contributed by atoms with Crippen LogP contribution in [0.3, 0.4) is 0 Å². The molecular formula is C13H22N4O. The van der Waals surface area contributed by atoms with Crippen molar-refractivity contribution >= 4 is 11.7 Å². The molecule has 3 N–H and O–H groups in total. The zero-order chi connectivity index (χ0) is 13.1. The Morgan fingerprint density at radius 1 is 1.56 bits per heavy atom. The van der Waals surface area contributed by atoms with Gasteiger partial charge in [0.1, 0.15) is 5.56 Å². The number of rotatable bonds is 4. The van der Waals surface area contributed by atoms with E-state index in [-0.39, 0.29) is 5.91 Å². The summed E-state index contributed by atoms with van der Waals surface area (Å²) in [5.41, 5.74) is 6.33. The van der Waals surface area contributed by atoms with Gasteiger partial charge in [0.25, 0.3) is 5.91 Å². The molecule has 1 fully saturated rings. The average molecular weight is 250 g/mol. The van der Waals surface area contributed by atoms with Crippen LogP contribution in [-0.4, -0.2) is 22.2 Å². The molecule has 1 amide bonds. The van der Waals surface area contributed by atoms with Crippen LogP contribution in [-0.2, 0) is 0 Å². The lowest BCUT2D eigenvalue weighted by Gasteiger charge is -2.08. The second-order valence-electron chi connectivity index (χ2n) is 5.45. The van der Waals surface area contributed by atoms with Gasteiger partial charge >= 0.3 is 0 Å². The minimum Gasteiger partial charge on any atom is -0.382 e. The number of nitrogens with one attached hydrogen (secondary N) is 1. The van der Waals surface area contributed by atoms with Gasteiger partial charge in [0, 0.05) is 12.7 Å². The van der Waals surface area contributed by atoms with Crippen molar-refractivity contribution in [3.8, 4) is 0 Å². The third-order valence-corrected chi connectivity index (χ3v) is 3.37. The van der Waals surface area contributed by atoms with Crippen LogP contribution >= 0.6 is 0 Å². The Hall–Kier alpha value is -1.52. The first kappa shape index (κ1) is 12.9. The second kappa shape index (κ2) is 5.42. The number of carbonyl (C=O) groups is 1. The smallest absolute Gasteiger partial charge is 0.256 e. The fraction of sp³-hybridized carbons (Fsp3) is 0.692. The highest BCUT2D eigenvalue weighted by molar-refractivity contribution is 5.98. The Morgan fingerprint density at radius 3 is 2.83 bits per heavy atom. The molecule has 1 aliphatic rings. The predicted molar refractivity (Wildman–Crippen MR) is 71.3 cm³/mol. The van der Waals surface area contributed by atoms with Crippen LogP contribution in [0.1, 0.15) is 55.9 Å². The zero-order valence-electron chi connectivity index (χ0n) is 11.1. The van der Waals surface area contributed by atoms with E-state index in [0.717, 1.165) is 12.8 Å². The Kier molecular flexibility index (Phi) is 3.89. The monoisotopic (exact) mass is 250 g/mol. The highest BCUT2D eigenvalue weighted by Crippen LogP contribution is 2.29. The van der Waals surface area contributed by atoms with Gasteiger partial charge in [-0.2, -0.15) is 5.10 Å². The van der Waals surface area contributed by atoms with Crippen LogP contribution in [0.25, 0.3) is 0 Å². The van der Waals surface area contributed by atoms with Gasteiger partial charge in [-0.05, 0) is 18.8 Å². The summed E-state index contributed by atoms with van der Waals surface area (Å²) in [6, 6.07) is 0.416. The van der Waals surface area contributed by atoms with Crippen molar-refractivity contribution in [2.24, 2.45) is 5.92 Å². The van der Waals surface area contributed by atoms with Crippen LogP contribution < -0.4 is 11.1 Å². The first-order valence-corrected chi connectivity index (χ1v) is 6.70. The van der Waals surface area contributed by atoms with Gasteiger partial charge in [-0.3, -0.25) is 9.48 Å². The first-order valence-electron chi connectivity index (χ1n) is 6.70. The van der Waals surface area contributed by atoms with E-state index in [1.807, 2.05) is 4.68 Å². The molecule has 0 atom stereocenters. The molecule has 1 aromatic rings. The number of amides is 1. The summed E-state index contributed by atoms with van der Waals surface area (Å²) in [6.45, 7) is 4.78. The molecule has 0 spiro atoms. The summed E-state index contributed by atoms with van der Waals surface area (Å²) >= 11 is 0. The molecule has 0 bridgehead atoms. The molecule has 0 radical (unpaired) electrons. The number of hydrogen-bond donors (Lipinski definition) is 2. The topological polar surface area (TPSA) is 72.9 Å². The zero-order valence-corrected chi connectivity index (χ0v) is 11.1. The molecule has 2 rings (SSSR count). The van der Waals surface area contributed by atoms with E-state index in [0.29, 0.717) is 29.9 Å². The lowest BCUT2D eigenvalue weighted by Crippen LogP contribution is -2.27. The number of carbonyl (C=O) groups excluding carboxylic acids is 1. The maximum Gasteiger partial charge on any atom is 0.256 e. The van der Waals surface area contributed by atoms with E-state index >= 15 is 0 Å². The molecule has 0 aliphatic heterocycles. The van der Waals surface area contributed by atoms with Crippen LogP contribution in [0.15, 0.2) is 6.20 Å². The highest BCUT2D eigenvalue weighted by atomic mass is 16.1. The Morgan fingerprint density at radius 2 is 2.22 bits per heavy atom. The summed E-state index contributed by atoms with van der Waals surface area (Å²) in [4.78, 5) is 12.0. The molecule has 1 saturated carbocycles. The molecule has 18 heavy (non-hydrogen) atoms. The maximum absolute atomic E-state index is 12.0. The minimum atomic E-state index is -0.120. The molecule has 5 heteroatoms. The van der Waals surface area contributed by atoms with Gasteiger partial charge < -0.3 is 11.1 Å². The first-order chi connectivity index (χ1) is 8.58. The molecular weight excluding hydrogens is 228 g/mol. The lowest BCUT2D eigenvalue weighted by molar-refractivity contribution is 0.0949. The quantitative estimate of drug-likeness (QED) is 0.858. The number of hydrogen-bond acceptors (Lipinski definition) is 3. The normalized spacial score (nSPS) is 16.4. The van der Waals surface area contributed by atoms with Gasteiger partial charge in [0.05, 0.1) is 6.04 Å². The fourth-order valence-electron chi connectivity index (χ4n) is 2.33. The van der Waals surface area contributed by atoms with Crippen LogP contribution in [0.2, 0.25) is 0 Å². The molecule has 1 heterocycles. The molecule has 100 valence electrons. The van der Waals surface area contributed by atoms with Gasteiger partial charge in [-0.15, -0.1) is 0 Å². The number of nitrogen functional groups attached to an aromatic ring is 1. The summed E-state index contributed by atoms with van der Waals surface area (Å²) in [6.07, 6.45) is 6.53. The molecule has 0 saturated heterocycles. The maximum atomic E-state index is 12.0. The fourth-order valence-corrected chi connectivity index (χ4v) is 2.33. The van der Waals surface area contributed by atoms with Crippen molar-refractivity contribution in [3.63, 3.8) is 0 Å². The Labute approximate surface area is 108 Å². The van der Waals surface area contributed by atoms with E-state index in [9.17, 15) is 4.79 Å². The van der Waals surface area contributed by atoms with Gasteiger partial charge in [0.15, 0.2) is 5.82 Å². The van der Waals surface area contributed by atoms with Gasteiger partial charge in [-0.1, -0.05) is 26.7 Å². The molecule has 0 unspecified atom stereocenters. The van der Waals surface area contributed by atoms with Crippen molar-refractivity contribution in [1.82, 2.24) is 15.1 Å². The van der Waals surface area contributed by atoms with Crippen molar-refractivity contribution in [2.75, 3.05) is 12.3 Å². The standard InChI is InChI=1S/C13H22N4O/c1-9(2)7-15-13(18)11-8-17(16-12(11)14)10-5-3-4-6-10/h8-10H,3-7H2,1-2H3,(H2,14,16)(H,15,18). The van der Waals surface area contributed by atoms with Crippen LogP contribution in [0.4, 0.5) is 5.82 Å². The highest BCUT2D eigenvalue weighted by Gasteiger charge is 2.21. The summed E-state index contributed by atoms with van der Waals surface area (Å²) < 4.78 is 1.87. The molecule has 1 aliphatic carbocycles. The third kappa shape index (κ3) is 2.83. The van der Waals surface area contributed by atoms with Crippen LogP contribution in [0.5, 0.6) is 0 Å². The molecule has 5 nitrogen and oxygen atoms in total. The van der Waals surface area contributed by atoms with E-state index in [4.69, 9.17) is 5.73 Å². The van der Waals surface area contributed by atoms with Crippen LogP contribution in [0, 0.1) is 5.92 Å². The number of nitrogens with zero attached hydrogens (tertiary/aromatic N) is 2. The van der Waals surface area contributed by atoms with Crippen molar-refractivity contribution in [2.45, 2.75) is 45.6 Å². The lowest BCUT2D eigenvalue weighted by atomic mass is 10.2.